The summed E-state index contributed by atoms with van der Waals surface area (Å²) in [5.41, 5.74) is 4.54. The lowest BCUT2D eigenvalue weighted by atomic mass is 10.0. The minimum atomic E-state index is -0.461. The van der Waals surface area contributed by atoms with Crippen molar-refractivity contribution in [2.75, 3.05) is 5.32 Å². The van der Waals surface area contributed by atoms with Gasteiger partial charge < -0.3 is 5.32 Å². The van der Waals surface area contributed by atoms with Gasteiger partial charge in [-0.3, -0.25) is 5.10 Å². The molecule has 0 aliphatic carbocycles. The molecule has 136 valence electrons. The lowest BCUT2D eigenvalue weighted by Gasteiger charge is -2.10. The van der Waals surface area contributed by atoms with Gasteiger partial charge in [0.25, 0.3) is 0 Å². The lowest BCUT2D eigenvalue weighted by Crippen LogP contribution is -1.96. The molecule has 0 atom stereocenters. The standard InChI is InChI=1S/C21H13ClFN5/c22-17-9-15(3-4-18(17)23)27-21-16-8-13(2-6-20(16)24-11-25-21)12-1-5-19-14(7-12)10-26-28-19/h1-11H,(H,26,28)(H,24,25,27). The molecule has 0 unspecified atom stereocenters. The molecule has 5 aromatic rings. The maximum absolute atomic E-state index is 13.4. The van der Waals surface area contributed by atoms with Gasteiger partial charge in [0.1, 0.15) is 18.0 Å². The SMILES string of the molecule is Fc1ccc(Nc2ncnc3ccc(-c4ccc5[nH]ncc5c4)cc23)cc1Cl. The van der Waals surface area contributed by atoms with Crippen molar-refractivity contribution in [3.8, 4) is 11.1 Å². The third-order valence-corrected chi connectivity index (χ3v) is 4.88. The number of fused-ring (bicyclic) bond motifs is 2. The highest BCUT2D eigenvalue weighted by atomic mass is 35.5. The molecule has 2 heterocycles. The molecule has 0 aliphatic rings. The molecule has 0 bridgehead atoms. The van der Waals surface area contributed by atoms with E-state index in [1.807, 2.05) is 30.3 Å². The van der Waals surface area contributed by atoms with Gasteiger partial charge >= 0.3 is 0 Å². The van der Waals surface area contributed by atoms with Crippen LogP contribution in [-0.4, -0.2) is 20.2 Å². The molecule has 0 saturated carbocycles. The Kier molecular flexibility index (Phi) is 3.91. The monoisotopic (exact) mass is 389 g/mol. The van der Waals surface area contributed by atoms with Gasteiger partial charge in [-0.2, -0.15) is 5.10 Å². The summed E-state index contributed by atoms with van der Waals surface area (Å²) in [6.45, 7) is 0. The average Bonchev–Trinajstić information content (AvgIpc) is 3.18. The fourth-order valence-electron chi connectivity index (χ4n) is 3.17. The molecule has 5 rings (SSSR count). The Balaban J connectivity index is 1.59. The highest BCUT2D eigenvalue weighted by Gasteiger charge is 2.09. The van der Waals surface area contributed by atoms with Gasteiger partial charge in [0.05, 0.1) is 22.3 Å². The van der Waals surface area contributed by atoms with E-state index in [0.717, 1.165) is 32.9 Å². The van der Waals surface area contributed by atoms with Gasteiger partial charge in [0.15, 0.2) is 0 Å². The molecule has 0 amide bonds. The van der Waals surface area contributed by atoms with Crippen molar-refractivity contribution in [2.45, 2.75) is 0 Å². The van der Waals surface area contributed by atoms with Crippen LogP contribution < -0.4 is 5.32 Å². The van der Waals surface area contributed by atoms with E-state index in [1.54, 1.807) is 12.3 Å². The number of hydrogen-bond donors (Lipinski definition) is 2. The number of nitrogens with zero attached hydrogens (tertiary/aromatic N) is 3. The van der Waals surface area contributed by atoms with E-state index >= 15 is 0 Å². The highest BCUT2D eigenvalue weighted by Crippen LogP contribution is 2.30. The molecular formula is C21H13ClFN5. The van der Waals surface area contributed by atoms with Crippen LogP contribution in [-0.2, 0) is 0 Å². The Morgan fingerprint density at radius 3 is 2.68 bits per heavy atom. The first kappa shape index (κ1) is 16.6. The van der Waals surface area contributed by atoms with Gasteiger partial charge in [0.2, 0.25) is 0 Å². The van der Waals surface area contributed by atoms with Gasteiger partial charge in [-0.15, -0.1) is 0 Å². The second-order valence-corrected chi connectivity index (χ2v) is 6.79. The first-order valence-corrected chi connectivity index (χ1v) is 8.95. The van der Waals surface area contributed by atoms with Crippen molar-refractivity contribution >= 4 is 44.9 Å². The van der Waals surface area contributed by atoms with Crippen molar-refractivity contribution in [3.05, 3.63) is 78.0 Å². The van der Waals surface area contributed by atoms with Crippen LogP contribution in [0.1, 0.15) is 0 Å². The predicted molar refractivity (Wildman–Crippen MR) is 109 cm³/mol. The molecule has 5 nitrogen and oxygen atoms in total. The van der Waals surface area contributed by atoms with Crippen LogP contribution in [0, 0.1) is 5.82 Å². The summed E-state index contributed by atoms with van der Waals surface area (Å²) in [4.78, 5) is 8.70. The second kappa shape index (κ2) is 6.58. The van der Waals surface area contributed by atoms with Crippen molar-refractivity contribution in [1.29, 1.82) is 0 Å². The summed E-state index contributed by atoms with van der Waals surface area (Å²) in [6, 6.07) is 16.6. The molecule has 0 fully saturated rings. The van der Waals surface area contributed by atoms with Crippen LogP contribution in [0.4, 0.5) is 15.9 Å². The Bertz CT molecular complexity index is 1330. The zero-order valence-corrected chi connectivity index (χ0v) is 15.2. The Morgan fingerprint density at radius 2 is 1.79 bits per heavy atom. The van der Waals surface area contributed by atoms with E-state index in [0.29, 0.717) is 11.5 Å². The topological polar surface area (TPSA) is 66.5 Å². The summed E-state index contributed by atoms with van der Waals surface area (Å²) < 4.78 is 13.4. The molecule has 3 aromatic carbocycles. The number of halogens is 2. The zero-order valence-electron chi connectivity index (χ0n) is 14.4. The van der Waals surface area contributed by atoms with Crippen LogP contribution in [0.5, 0.6) is 0 Å². The van der Waals surface area contributed by atoms with E-state index in [2.05, 4.69) is 31.5 Å². The van der Waals surface area contributed by atoms with E-state index in [4.69, 9.17) is 11.6 Å². The van der Waals surface area contributed by atoms with Crippen LogP contribution >= 0.6 is 11.6 Å². The minimum absolute atomic E-state index is 0.0532. The number of hydrogen-bond acceptors (Lipinski definition) is 4. The first-order chi connectivity index (χ1) is 13.7. The summed E-state index contributed by atoms with van der Waals surface area (Å²) >= 11 is 5.89. The van der Waals surface area contributed by atoms with E-state index < -0.39 is 5.82 Å². The first-order valence-electron chi connectivity index (χ1n) is 8.58. The van der Waals surface area contributed by atoms with Crippen LogP contribution in [0.2, 0.25) is 5.02 Å². The Hall–Kier alpha value is -3.51. The molecule has 7 heteroatoms. The molecule has 2 N–H and O–H groups in total. The molecular weight excluding hydrogens is 377 g/mol. The maximum Gasteiger partial charge on any atom is 0.141 e. The second-order valence-electron chi connectivity index (χ2n) is 6.38. The fourth-order valence-corrected chi connectivity index (χ4v) is 3.35. The Labute approximate surface area is 164 Å². The third kappa shape index (κ3) is 2.93. The normalized spacial score (nSPS) is 11.2. The van der Waals surface area contributed by atoms with Gasteiger partial charge in [-0.05, 0) is 53.6 Å². The molecule has 2 aromatic heterocycles. The fraction of sp³-hybridized carbons (Fsp3) is 0. The average molecular weight is 390 g/mol. The number of nitrogens with one attached hydrogen (secondary N) is 2. The summed E-state index contributed by atoms with van der Waals surface area (Å²) in [5, 5.41) is 12.2. The number of aromatic amines is 1. The maximum atomic E-state index is 13.4. The van der Waals surface area contributed by atoms with Gasteiger partial charge in [-0.25, -0.2) is 14.4 Å². The van der Waals surface area contributed by atoms with Crippen molar-refractivity contribution < 1.29 is 4.39 Å². The van der Waals surface area contributed by atoms with E-state index in [-0.39, 0.29) is 5.02 Å². The molecule has 0 aliphatic heterocycles. The zero-order chi connectivity index (χ0) is 19.1. The van der Waals surface area contributed by atoms with Crippen molar-refractivity contribution in [3.63, 3.8) is 0 Å². The van der Waals surface area contributed by atoms with Crippen molar-refractivity contribution in [1.82, 2.24) is 20.2 Å². The molecule has 0 radical (unpaired) electrons. The quantitative estimate of drug-likeness (QED) is 0.415. The predicted octanol–water partition coefficient (Wildman–Crippen LogP) is 5.71. The number of rotatable bonds is 3. The van der Waals surface area contributed by atoms with Gasteiger partial charge in [-0.1, -0.05) is 23.7 Å². The molecule has 0 spiro atoms. The smallest absolute Gasteiger partial charge is 0.141 e. The molecule has 0 saturated heterocycles. The number of aromatic nitrogens is 4. The summed E-state index contributed by atoms with van der Waals surface area (Å²) in [5.74, 6) is 0.163. The van der Waals surface area contributed by atoms with Crippen molar-refractivity contribution in [2.24, 2.45) is 0 Å². The van der Waals surface area contributed by atoms with Gasteiger partial charge in [0, 0.05) is 16.5 Å². The van der Waals surface area contributed by atoms with E-state index in [1.165, 1.54) is 18.5 Å². The minimum Gasteiger partial charge on any atom is -0.340 e. The van der Waals surface area contributed by atoms with Crippen LogP contribution in [0.3, 0.4) is 0 Å². The lowest BCUT2D eigenvalue weighted by molar-refractivity contribution is 0.628. The highest BCUT2D eigenvalue weighted by molar-refractivity contribution is 6.31. The number of H-pyrrole nitrogens is 1. The largest absolute Gasteiger partial charge is 0.340 e. The van der Waals surface area contributed by atoms with E-state index in [9.17, 15) is 4.39 Å². The Morgan fingerprint density at radius 1 is 0.929 bits per heavy atom. The molecule has 28 heavy (non-hydrogen) atoms. The van der Waals surface area contributed by atoms with Crippen LogP contribution in [0.15, 0.2) is 67.1 Å². The summed E-state index contributed by atoms with van der Waals surface area (Å²) in [7, 11) is 0. The number of benzene rings is 3. The summed E-state index contributed by atoms with van der Waals surface area (Å²) in [6.07, 6.45) is 3.29. The van der Waals surface area contributed by atoms with Crippen LogP contribution in [0.25, 0.3) is 32.9 Å². The number of anilines is 2. The third-order valence-electron chi connectivity index (χ3n) is 4.59.